The smallest absolute Gasteiger partial charge is 0.261 e. The maximum Gasteiger partial charge on any atom is 0.261 e. The first-order valence-electron chi connectivity index (χ1n) is 8.74. The largest absolute Gasteiger partial charge is 0.350 e. The summed E-state index contributed by atoms with van der Waals surface area (Å²) >= 11 is 3.00. The standard InChI is InChI=1S/C18H21N5O2S2/c1-3-23(4-2)18-22-17-14(27-18)10-13(26-17)16(25)21-9-8-20-15(24)12-6-5-7-19-11-12/h5-7,10-11H,3-4,8-9H2,1-2H3,(H,20,24)(H,21,25). The molecule has 0 aliphatic rings. The summed E-state index contributed by atoms with van der Waals surface area (Å²) in [6, 6.07) is 5.28. The molecule has 0 aliphatic heterocycles. The number of amides is 2. The van der Waals surface area contributed by atoms with Crippen LogP contribution in [0.5, 0.6) is 0 Å². The number of thiazole rings is 1. The molecule has 142 valence electrons. The number of carbonyl (C=O) groups excluding carboxylic acids is 2. The zero-order chi connectivity index (χ0) is 19.2. The second-order valence-corrected chi connectivity index (χ2v) is 7.74. The summed E-state index contributed by atoms with van der Waals surface area (Å²) in [7, 11) is 0. The van der Waals surface area contributed by atoms with E-state index >= 15 is 0 Å². The van der Waals surface area contributed by atoms with Gasteiger partial charge in [-0.3, -0.25) is 14.6 Å². The first-order chi connectivity index (χ1) is 13.1. The van der Waals surface area contributed by atoms with Gasteiger partial charge in [0.15, 0.2) is 5.13 Å². The number of nitrogens with zero attached hydrogens (tertiary/aromatic N) is 3. The maximum atomic E-state index is 12.3. The lowest BCUT2D eigenvalue weighted by Crippen LogP contribution is -2.34. The number of fused-ring (bicyclic) bond motifs is 1. The maximum absolute atomic E-state index is 12.3. The number of nitrogens with one attached hydrogen (secondary N) is 2. The number of pyridine rings is 1. The van der Waals surface area contributed by atoms with E-state index in [9.17, 15) is 9.59 Å². The van der Waals surface area contributed by atoms with Crippen LogP contribution in [0.25, 0.3) is 9.53 Å². The van der Waals surface area contributed by atoms with Crippen molar-refractivity contribution in [1.29, 1.82) is 0 Å². The van der Waals surface area contributed by atoms with Crippen molar-refractivity contribution in [2.75, 3.05) is 31.1 Å². The molecule has 0 saturated carbocycles. The van der Waals surface area contributed by atoms with E-state index in [1.165, 1.54) is 17.5 Å². The van der Waals surface area contributed by atoms with Gasteiger partial charge in [-0.05, 0) is 32.0 Å². The Morgan fingerprint density at radius 1 is 1.11 bits per heavy atom. The predicted octanol–water partition coefficient (Wildman–Crippen LogP) is 2.76. The SMILES string of the molecule is CCN(CC)c1nc2sc(C(=O)NCCNC(=O)c3cccnc3)cc2s1. The van der Waals surface area contributed by atoms with E-state index in [-0.39, 0.29) is 11.8 Å². The summed E-state index contributed by atoms with van der Waals surface area (Å²) in [5, 5.41) is 6.57. The molecule has 0 spiro atoms. The van der Waals surface area contributed by atoms with Crippen molar-refractivity contribution < 1.29 is 9.59 Å². The highest BCUT2D eigenvalue weighted by atomic mass is 32.1. The van der Waals surface area contributed by atoms with Gasteiger partial charge in [-0.2, -0.15) is 0 Å². The molecule has 2 amide bonds. The average Bonchev–Trinajstić information content (AvgIpc) is 3.26. The molecule has 0 atom stereocenters. The van der Waals surface area contributed by atoms with Crippen LogP contribution < -0.4 is 15.5 Å². The summed E-state index contributed by atoms with van der Waals surface area (Å²) < 4.78 is 1.02. The lowest BCUT2D eigenvalue weighted by atomic mass is 10.3. The summed E-state index contributed by atoms with van der Waals surface area (Å²) in [5.74, 6) is -0.354. The van der Waals surface area contributed by atoms with E-state index in [0.717, 1.165) is 27.8 Å². The van der Waals surface area contributed by atoms with E-state index in [4.69, 9.17) is 0 Å². The molecule has 0 radical (unpaired) electrons. The Labute approximate surface area is 165 Å². The summed E-state index contributed by atoms with van der Waals surface area (Å²) in [4.78, 5) is 36.5. The van der Waals surface area contributed by atoms with Crippen molar-refractivity contribution in [3.8, 4) is 0 Å². The van der Waals surface area contributed by atoms with Gasteiger partial charge in [0, 0.05) is 38.6 Å². The number of anilines is 1. The Morgan fingerprint density at radius 2 is 1.85 bits per heavy atom. The van der Waals surface area contributed by atoms with Crippen LogP contribution in [0.15, 0.2) is 30.6 Å². The zero-order valence-corrected chi connectivity index (χ0v) is 16.8. The number of carbonyl (C=O) groups is 2. The zero-order valence-electron chi connectivity index (χ0n) is 15.2. The fourth-order valence-electron chi connectivity index (χ4n) is 2.50. The quantitative estimate of drug-likeness (QED) is 0.565. The van der Waals surface area contributed by atoms with Gasteiger partial charge >= 0.3 is 0 Å². The molecule has 2 N–H and O–H groups in total. The highest BCUT2D eigenvalue weighted by Crippen LogP contribution is 2.34. The van der Waals surface area contributed by atoms with Gasteiger partial charge in [0.2, 0.25) is 0 Å². The molecule has 3 aromatic rings. The summed E-state index contributed by atoms with van der Waals surface area (Å²) in [6.45, 7) is 6.73. The third kappa shape index (κ3) is 4.61. The molecule has 0 fully saturated rings. The van der Waals surface area contributed by atoms with Crippen molar-refractivity contribution in [3.05, 3.63) is 41.0 Å². The number of hydrogen-bond donors (Lipinski definition) is 2. The molecule has 3 heterocycles. The molecule has 0 aliphatic carbocycles. The van der Waals surface area contributed by atoms with Crippen molar-refractivity contribution in [2.24, 2.45) is 0 Å². The molecule has 0 aromatic carbocycles. The highest BCUT2D eigenvalue weighted by molar-refractivity contribution is 7.29. The first-order valence-corrected chi connectivity index (χ1v) is 10.4. The van der Waals surface area contributed by atoms with Gasteiger partial charge in [-0.1, -0.05) is 11.3 Å². The normalized spacial score (nSPS) is 10.7. The average molecular weight is 404 g/mol. The molecular weight excluding hydrogens is 382 g/mol. The molecule has 0 bridgehead atoms. The molecule has 0 saturated heterocycles. The van der Waals surface area contributed by atoms with Crippen LogP contribution in [0.3, 0.4) is 0 Å². The third-order valence-electron chi connectivity index (χ3n) is 3.96. The predicted molar refractivity (Wildman–Crippen MR) is 110 cm³/mol. The minimum Gasteiger partial charge on any atom is -0.350 e. The number of rotatable bonds is 8. The first kappa shape index (κ1) is 19.2. The van der Waals surface area contributed by atoms with Crippen LogP contribution >= 0.6 is 22.7 Å². The molecular formula is C18H21N5O2S2. The topological polar surface area (TPSA) is 87.2 Å². The monoisotopic (exact) mass is 403 g/mol. The molecule has 3 aromatic heterocycles. The molecule has 27 heavy (non-hydrogen) atoms. The number of hydrogen-bond acceptors (Lipinski definition) is 7. The van der Waals surface area contributed by atoms with Crippen LogP contribution in [-0.2, 0) is 0 Å². The molecule has 7 nitrogen and oxygen atoms in total. The minimum absolute atomic E-state index is 0.148. The second kappa shape index (κ2) is 8.92. The van der Waals surface area contributed by atoms with Gasteiger partial charge in [0.05, 0.1) is 15.1 Å². The van der Waals surface area contributed by atoms with Crippen LogP contribution in [0.1, 0.15) is 33.9 Å². The van der Waals surface area contributed by atoms with E-state index in [0.29, 0.717) is 23.5 Å². The van der Waals surface area contributed by atoms with Crippen molar-refractivity contribution >= 4 is 49.1 Å². The van der Waals surface area contributed by atoms with Gasteiger partial charge in [0.1, 0.15) is 4.83 Å². The Kier molecular flexibility index (Phi) is 6.36. The Morgan fingerprint density at radius 3 is 2.48 bits per heavy atom. The number of thiophene rings is 1. The lowest BCUT2D eigenvalue weighted by molar-refractivity contribution is 0.0929. The van der Waals surface area contributed by atoms with Gasteiger partial charge < -0.3 is 15.5 Å². The van der Waals surface area contributed by atoms with Crippen molar-refractivity contribution in [1.82, 2.24) is 20.6 Å². The van der Waals surface area contributed by atoms with Crippen LogP contribution in [0.2, 0.25) is 0 Å². The van der Waals surface area contributed by atoms with Crippen molar-refractivity contribution in [3.63, 3.8) is 0 Å². The van der Waals surface area contributed by atoms with Crippen LogP contribution in [-0.4, -0.2) is 48.0 Å². The molecule has 3 rings (SSSR count). The highest BCUT2D eigenvalue weighted by Gasteiger charge is 2.15. The Hall–Kier alpha value is -2.52. The fraction of sp³-hybridized carbons (Fsp3) is 0.333. The summed E-state index contributed by atoms with van der Waals surface area (Å²) in [5.41, 5.74) is 0.498. The van der Waals surface area contributed by atoms with Crippen molar-refractivity contribution in [2.45, 2.75) is 13.8 Å². The minimum atomic E-state index is -0.206. The number of aromatic nitrogens is 2. The second-order valence-electron chi connectivity index (χ2n) is 5.70. The third-order valence-corrected chi connectivity index (χ3v) is 6.18. The van der Waals surface area contributed by atoms with Crippen LogP contribution in [0, 0.1) is 0 Å². The molecule has 0 unspecified atom stereocenters. The summed E-state index contributed by atoms with van der Waals surface area (Å²) in [6.07, 6.45) is 3.12. The fourth-order valence-corrected chi connectivity index (χ4v) is 4.76. The molecule has 9 heteroatoms. The Bertz CT molecular complexity index is 887. The Balaban J connectivity index is 1.51. The lowest BCUT2D eigenvalue weighted by Gasteiger charge is -2.16. The van der Waals surface area contributed by atoms with E-state index < -0.39 is 0 Å². The van der Waals surface area contributed by atoms with E-state index in [2.05, 4.69) is 39.3 Å². The van der Waals surface area contributed by atoms with E-state index in [1.54, 1.807) is 29.7 Å². The van der Waals surface area contributed by atoms with E-state index in [1.807, 2.05) is 6.07 Å². The van der Waals surface area contributed by atoms with Gasteiger partial charge in [-0.25, -0.2) is 4.98 Å². The van der Waals surface area contributed by atoms with Crippen LogP contribution in [0.4, 0.5) is 5.13 Å². The van der Waals surface area contributed by atoms with Gasteiger partial charge in [0.25, 0.3) is 11.8 Å². The van der Waals surface area contributed by atoms with Gasteiger partial charge in [-0.15, -0.1) is 11.3 Å².